The van der Waals surface area contributed by atoms with Crippen molar-refractivity contribution in [2.45, 2.75) is 25.7 Å². The topological polar surface area (TPSA) is 88.0 Å². The highest BCUT2D eigenvalue weighted by Gasteiger charge is 2.31. The molecule has 0 spiro atoms. The second-order valence-electron chi connectivity index (χ2n) is 7.95. The van der Waals surface area contributed by atoms with Gasteiger partial charge in [-0.05, 0) is 70.1 Å². The van der Waals surface area contributed by atoms with Crippen LogP contribution in [0.2, 0.25) is 0 Å². The zero-order valence-electron chi connectivity index (χ0n) is 17.4. The van der Waals surface area contributed by atoms with Crippen molar-refractivity contribution in [3.05, 3.63) is 87.8 Å². The van der Waals surface area contributed by atoms with E-state index in [4.69, 9.17) is 10.7 Å². The van der Waals surface area contributed by atoms with Crippen molar-refractivity contribution >= 4 is 22.1 Å². The Morgan fingerprint density at radius 2 is 1.81 bits per heavy atom. The lowest BCUT2D eigenvalue weighted by Gasteiger charge is -2.18. The van der Waals surface area contributed by atoms with E-state index in [2.05, 4.69) is 46.8 Å². The second kappa shape index (κ2) is 7.52. The van der Waals surface area contributed by atoms with E-state index in [0.29, 0.717) is 17.4 Å². The number of hydrogen-bond donors (Lipinski definition) is 1. The molecule has 7 heteroatoms. The molecule has 1 saturated carbocycles. The van der Waals surface area contributed by atoms with Crippen LogP contribution in [0.4, 0.5) is 0 Å². The molecule has 7 nitrogen and oxygen atoms in total. The number of nitrogens with zero attached hydrogens (tertiary/aromatic N) is 4. The Bertz CT molecular complexity index is 1380. The van der Waals surface area contributed by atoms with E-state index in [1.807, 2.05) is 31.2 Å². The average molecular weight is 413 g/mol. The van der Waals surface area contributed by atoms with E-state index >= 15 is 0 Å². The molecule has 1 aliphatic rings. The molecule has 1 fully saturated rings. The van der Waals surface area contributed by atoms with Crippen LogP contribution in [0.25, 0.3) is 27.8 Å². The quantitative estimate of drug-likeness (QED) is 0.306. The first-order valence-electron chi connectivity index (χ1n) is 10.3. The zero-order chi connectivity index (χ0) is 21.5. The molecule has 156 valence electrons. The van der Waals surface area contributed by atoms with Gasteiger partial charge in [-0.1, -0.05) is 48.5 Å². The zero-order valence-corrected chi connectivity index (χ0v) is 17.4. The number of allylic oxidation sites excluding steroid dienone is 1. The predicted octanol–water partition coefficient (Wildman–Crippen LogP) is 3.78. The number of aryl methyl sites for hydroxylation is 1. The molecule has 0 amide bonds. The smallest absolute Gasteiger partial charge is 0.368 e. The predicted molar refractivity (Wildman–Crippen MR) is 120 cm³/mol. The van der Waals surface area contributed by atoms with Gasteiger partial charge in [-0.2, -0.15) is 15.3 Å². The number of nitrogens with two attached hydrogens (primary N) is 1. The fourth-order valence-electron chi connectivity index (χ4n) is 4.07. The number of tetrazole rings is 1. The van der Waals surface area contributed by atoms with Crippen molar-refractivity contribution in [3.8, 4) is 5.69 Å². The van der Waals surface area contributed by atoms with Crippen LogP contribution in [0.3, 0.4) is 0 Å². The summed E-state index contributed by atoms with van der Waals surface area (Å²) in [7, 11) is 1.58. The molecule has 0 bridgehead atoms. The number of aromatic nitrogens is 4. The highest BCUT2D eigenvalue weighted by molar-refractivity contribution is 5.93. The summed E-state index contributed by atoms with van der Waals surface area (Å²) >= 11 is 0. The van der Waals surface area contributed by atoms with E-state index in [9.17, 15) is 4.79 Å². The maximum Gasteiger partial charge on any atom is 0.368 e. The molecule has 4 aromatic rings. The van der Waals surface area contributed by atoms with Gasteiger partial charge >= 0.3 is 5.69 Å². The molecule has 1 aliphatic carbocycles. The van der Waals surface area contributed by atoms with Crippen molar-refractivity contribution in [2.24, 2.45) is 12.9 Å². The van der Waals surface area contributed by atoms with Gasteiger partial charge in [-0.3, -0.25) is 0 Å². The van der Waals surface area contributed by atoms with E-state index in [1.54, 1.807) is 7.05 Å². The molecule has 31 heavy (non-hydrogen) atoms. The van der Waals surface area contributed by atoms with Crippen LogP contribution in [-0.4, -0.2) is 19.8 Å². The summed E-state index contributed by atoms with van der Waals surface area (Å²) < 4.78 is 2.50. The summed E-state index contributed by atoms with van der Waals surface area (Å²) in [6, 6.07) is 20.3. The first-order chi connectivity index (χ1) is 15.1. The van der Waals surface area contributed by atoms with Crippen LogP contribution in [0, 0.1) is 0 Å². The molecule has 0 unspecified atom stereocenters. The van der Waals surface area contributed by atoms with Crippen molar-refractivity contribution in [2.75, 3.05) is 0 Å². The fourth-order valence-corrected chi connectivity index (χ4v) is 4.07. The Hall–Kier alpha value is -3.71. The first kappa shape index (κ1) is 19.3. The molecule has 2 N–H and O–H groups in total. The molecule has 0 saturated heterocycles. The normalized spacial score (nSPS) is 14.5. The summed E-state index contributed by atoms with van der Waals surface area (Å²) in [5.41, 5.74) is 4.08. The minimum absolute atomic E-state index is 0.325. The Morgan fingerprint density at radius 3 is 2.48 bits per heavy atom. The van der Waals surface area contributed by atoms with Crippen molar-refractivity contribution < 1.29 is 4.84 Å². The summed E-state index contributed by atoms with van der Waals surface area (Å²) in [4.78, 5) is 18.1. The van der Waals surface area contributed by atoms with E-state index in [0.717, 1.165) is 40.5 Å². The summed E-state index contributed by atoms with van der Waals surface area (Å²) in [6.07, 6.45) is 2.19. The molecule has 5 rings (SSSR count). The molecule has 1 aromatic heterocycles. The third-order valence-electron chi connectivity index (χ3n) is 5.91. The lowest BCUT2D eigenvalue weighted by molar-refractivity contribution is 0.291. The molecule has 0 atom stereocenters. The van der Waals surface area contributed by atoms with E-state index in [1.165, 1.54) is 14.7 Å². The maximum absolute atomic E-state index is 12.6. The lowest BCUT2D eigenvalue weighted by atomic mass is 9.94. The van der Waals surface area contributed by atoms with Crippen molar-refractivity contribution in [1.82, 2.24) is 19.8 Å². The van der Waals surface area contributed by atoms with Crippen LogP contribution >= 0.6 is 0 Å². The van der Waals surface area contributed by atoms with Crippen LogP contribution in [0.1, 0.15) is 42.4 Å². The number of fused-ring (bicyclic) bond motifs is 1. The number of benzene rings is 3. The van der Waals surface area contributed by atoms with E-state index < -0.39 is 0 Å². The van der Waals surface area contributed by atoms with Gasteiger partial charge < -0.3 is 4.84 Å². The van der Waals surface area contributed by atoms with Gasteiger partial charge in [0.1, 0.15) is 0 Å². The molecular weight excluding hydrogens is 390 g/mol. The van der Waals surface area contributed by atoms with Gasteiger partial charge in [-0.25, -0.2) is 4.79 Å². The van der Waals surface area contributed by atoms with Gasteiger partial charge in [0.05, 0.1) is 5.69 Å². The molecule has 3 aromatic carbocycles. The van der Waals surface area contributed by atoms with Gasteiger partial charge in [0, 0.05) is 18.2 Å². The largest absolute Gasteiger partial charge is 0.410 e. The average Bonchev–Trinajstić information content (AvgIpc) is 3.59. The number of hydrogen-bond acceptors (Lipinski definition) is 5. The SMILES string of the molecule is C/C(=C(\ON)c1c(C2CC2)cccc1-n1nnn(C)c1=O)c1ccc2ccccc2c1. The third-order valence-corrected chi connectivity index (χ3v) is 5.91. The van der Waals surface area contributed by atoms with Gasteiger partial charge in [0.15, 0.2) is 5.76 Å². The van der Waals surface area contributed by atoms with Crippen LogP contribution in [-0.2, 0) is 11.9 Å². The summed E-state index contributed by atoms with van der Waals surface area (Å²) in [5.74, 6) is 6.80. The maximum atomic E-state index is 12.6. The molecular formula is C24H23N5O2. The van der Waals surface area contributed by atoms with E-state index in [-0.39, 0.29) is 5.69 Å². The summed E-state index contributed by atoms with van der Waals surface area (Å²) in [6.45, 7) is 1.99. The van der Waals surface area contributed by atoms with Crippen LogP contribution in [0.5, 0.6) is 0 Å². The molecule has 0 aliphatic heterocycles. The van der Waals surface area contributed by atoms with Gasteiger partial charge in [0.25, 0.3) is 0 Å². The Morgan fingerprint density at radius 1 is 1.03 bits per heavy atom. The molecule has 1 heterocycles. The Kier molecular flexibility index (Phi) is 4.67. The lowest BCUT2D eigenvalue weighted by Crippen LogP contribution is -2.23. The monoisotopic (exact) mass is 413 g/mol. The van der Waals surface area contributed by atoms with Crippen molar-refractivity contribution in [3.63, 3.8) is 0 Å². The first-order valence-corrected chi connectivity index (χ1v) is 10.3. The minimum Gasteiger partial charge on any atom is -0.410 e. The van der Waals surface area contributed by atoms with Crippen LogP contribution < -0.4 is 11.6 Å². The standard InChI is InChI=1S/C24H23N5O2/c1-15(18-13-10-16-6-3-4-7-19(16)14-18)23(31-25)22-20(17-11-12-17)8-5-9-21(22)29-24(30)28(2)26-27-29/h3-10,13-14,17H,11-12,25H2,1-2H3/b23-15+. The summed E-state index contributed by atoms with van der Waals surface area (Å²) in [5, 5.41) is 10.2. The second-order valence-corrected chi connectivity index (χ2v) is 7.95. The molecule has 0 radical (unpaired) electrons. The fraction of sp³-hybridized carbons (Fsp3) is 0.208. The van der Waals surface area contributed by atoms with Gasteiger partial charge in [-0.15, -0.1) is 0 Å². The minimum atomic E-state index is -0.325. The highest BCUT2D eigenvalue weighted by atomic mass is 16.6. The number of rotatable bonds is 5. The Balaban J connectivity index is 1.76. The van der Waals surface area contributed by atoms with Crippen molar-refractivity contribution in [1.29, 1.82) is 0 Å². The van der Waals surface area contributed by atoms with Gasteiger partial charge in [0.2, 0.25) is 0 Å². The van der Waals surface area contributed by atoms with Crippen LogP contribution in [0.15, 0.2) is 65.5 Å². The highest BCUT2D eigenvalue weighted by Crippen LogP contribution is 2.45. The Labute approximate surface area is 179 Å². The third kappa shape index (κ3) is 3.33.